The number of nitrogens with one attached hydrogen (secondary N) is 1. The molecule has 0 aromatic heterocycles. The number of benzene rings is 2. The molecule has 21 heavy (non-hydrogen) atoms. The number of rotatable bonds is 4. The average Bonchev–Trinajstić information content (AvgIpc) is 3.20. The Bertz CT molecular complexity index is 654. The molecule has 0 aliphatic heterocycles. The van der Waals surface area contributed by atoms with E-state index in [1.807, 2.05) is 24.3 Å². The van der Waals surface area contributed by atoms with Gasteiger partial charge in [-0.15, -0.1) is 0 Å². The van der Waals surface area contributed by atoms with Crippen molar-refractivity contribution < 1.29 is 9.90 Å². The molecule has 0 spiro atoms. The number of hydrogen-bond acceptors (Lipinski definition) is 2. The largest absolute Gasteiger partial charge is 0.508 e. The van der Waals surface area contributed by atoms with Crippen LogP contribution in [0.1, 0.15) is 23.5 Å². The van der Waals surface area contributed by atoms with Gasteiger partial charge in [0.2, 0.25) is 5.91 Å². The Morgan fingerprint density at radius 1 is 1.24 bits per heavy atom. The molecule has 3 rings (SSSR count). The summed E-state index contributed by atoms with van der Waals surface area (Å²) in [5.41, 5.74) is 2.07. The first-order chi connectivity index (χ1) is 10.1. The van der Waals surface area contributed by atoms with Gasteiger partial charge >= 0.3 is 0 Å². The first kappa shape index (κ1) is 14.0. The zero-order valence-electron chi connectivity index (χ0n) is 11.4. The summed E-state index contributed by atoms with van der Waals surface area (Å²) in [6.45, 7) is 0. The van der Waals surface area contributed by atoms with Crippen LogP contribution in [-0.4, -0.2) is 17.1 Å². The van der Waals surface area contributed by atoms with Gasteiger partial charge in [0.25, 0.3) is 0 Å². The highest BCUT2D eigenvalue weighted by Gasteiger charge is 2.39. The number of aromatic hydroxyl groups is 1. The van der Waals surface area contributed by atoms with Crippen LogP contribution in [0.5, 0.6) is 5.75 Å². The third-order valence-electron chi connectivity index (χ3n) is 3.71. The molecule has 0 unspecified atom stereocenters. The molecule has 2 atom stereocenters. The SMILES string of the molecule is O=C(Cc1ccc(O)cc1)N[C@@H]1C[C@H]1c1cccc(Cl)c1. The monoisotopic (exact) mass is 301 g/mol. The van der Waals surface area contributed by atoms with E-state index in [-0.39, 0.29) is 17.7 Å². The van der Waals surface area contributed by atoms with E-state index < -0.39 is 0 Å². The number of phenols is 1. The molecule has 2 aromatic rings. The predicted molar refractivity (Wildman–Crippen MR) is 82.6 cm³/mol. The molecule has 2 aromatic carbocycles. The molecule has 1 aliphatic rings. The van der Waals surface area contributed by atoms with Gasteiger partial charge in [0, 0.05) is 17.0 Å². The number of phenolic OH excluding ortho intramolecular Hbond substituents is 1. The first-order valence-electron chi connectivity index (χ1n) is 6.94. The topological polar surface area (TPSA) is 49.3 Å². The van der Waals surface area contributed by atoms with Crippen LogP contribution in [0.25, 0.3) is 0 Å². The molecule has 0 bridgehead atoms. The second-order valence-electron chi connectivity index (χ2n) is 5.41. The zero-order valence-corrected chi connectivity index (χ0v) is 12.2. The summed E-state index contributed by atoms with van der Waals surface area (Å²) >= 11 is 5.98. The second kappa shape index (κ2) is 5.78. The van der Waals surface area contributed by atoms with Crippen molar-refractivity contribution in [3.63, 3.8) is 0 Å². The fourth-order valence-electron chi connectivity index (χ4n) is 2.52. The maximum absolute atomic E-state index is 12.0. The van der Waals surface area contributed by atoms with E-state index in [0.29, 0.717) is 12.3 Å². The quantitative estimate of drug-likeness (QED) is 0.910. The van der Waals surface area contributed by atoms with Gasteiger partial charge in [-0.05, 0) is 41.8 Å². The number of hydrogen-bond donors (Lipinski definition) is 2. The third kappa shape index (κ3) is 3.56. The summed E-state index contributed by atoms with van der Waals surface area (Å²) in [4.78, 5) is 12.0. The fourth-order valence-corrected chi connectivity index (χ4v) is 2.72. The summed E-state index contributed by atoms with van der Waals surface area (Å²) in [6.07, 6.45) is 1.29. The van der Waals surface area contributed by atoms with Crippen molar-refractivity contribution in [1.29, 1.82) is 0 Å². The normalized spacial score (nSPS) is 20.0. The number of carbonyl (C=O) groups is 1. The molecule has 1 aliphatic carbocycles. The van der Waals surface area contributed by atoms with E-state index in [1.165, 1.54) is 5.56 Å². The predicted octanol–water partition coefficient (Wildman–Crippen LogP) is 3.26. The van der Waals surface area contributed by atoms with E-state index in [4.69, 9.17) is 11.6 Å². The van der Waals surface area contributed by atoms with Crippen LogP contribution < -0.4 is 5.32 Å². The minimum absolute atomic E-state index is 0.00946. The number of halogens is 1. The summed E-state index contributed by atoms with van der Waals surface area (Å²) in [5, 5.41) is 13.0. The highest BCUT2D eigenvalue weighted by atomic mass is 35.5. The lowest BCUT2D eigenvalue weighted by Gasteiger charge is -2.06. The molecule has 108 valence electrons. The molecular formula is C17H16ClNO2. The van der Waals surface area contributed by atoms with Gasteiger partial charge in [-0.3, -0.25) is 4.79 Å². The van der Waals surface area contributed by atoms with E-state index in [0.717, 1.165) is 17.0 Å². The van der Waals surface area contributed by atoms with Gasteiger partial charge in [-0.1, -0.05) is 35.9 Å². The van der Waals surface area contributed by atoms with Gasteiger partial charge in [-0.25, -0.2) is 0 Å². The van der Waals surface area contributed by atoms with E-state index in [1.54, 1.807) is 24.3 Å². The minimum Gasteiger partial charge on any atom is -0.508 e. The summed E-state index contributed by atoms with van der Waals surface area (Å²) in [7, 11) is 0. The zero-order chi connectivity index (χ0) is 14.8. The molecule has 3 nitrogen and oxygen atoms in total. The van der Waals surface area contributed by atoms with Crippen LogP contribution in [-0.2, 0) is 11.2 Å². The van der Waals surface area contributed by atoms with Gasteiger partial charge in [-0.2, -0.15) is 0 Å². The van der Waals surface area contributed by atoms with Crippen LogP contribution in [0.15, 0.2) is 48.5 Å². The highest BCUT2D eigenvalue weighted by Crippen LogP contribution is 2.41. The van der Waals surface area contributed by atoms with E-state index in [2.05, 4.69) is 5.32 Å². The maximum Gasteiger partial charge on any atom is 0.224 e. The molecular weight excluding hydrogens is 286 g/mol. The molecule has 0 heterocycles. The second-order valence-corrected chi connectivity index (χ2v) is 5.85. The number of carbonyl (C=O) groups excluding carboxylic acids is 1. The standard InChI is InChI=1S/C17H16ClNO2/c18-13-3-1-2-12(9-13)15-10-16(15)19-17(21)8-11-4-6-14(20)7-5-11/h1-7,9,15-16,20H,8,10H2,(H,19,21)/t15-,16+/m0/s1. The molecule has 2 N–H and O–H groups in total. The highest BCUT2D eigenvalue weighted by molar-refractivity contribution is 6.30. The van der Waals surface area contributed by atoms with Crippen molar-refractivity contribution in [2.45, 2.75) is 24.8 Å². The smallest absolute Gasteiger partial charge is 0.224 e. The lowest BCUT2D eigenvalue weighted by molar-refractivity contribution is -0.120. The Morgan fingerprint density at radius 3 is 2.71 bits per heavy atom. The van der Waals surface area contributed by atoms with Crippen molar-refractivity contribution in [1.82, 2.24) is 5.32 Å². The number of amides is 1. The Balaban J connectivity index is 1.54. The van der Waals surface area contributed by atoms with E-state index in [9.17, 15) is 9.90 Å². The van der Waals surface area contributed by atoms with Crippen LogP contribution in [0.3, 0.4) is 0 Å². The van der Waals surface area contributed by atoms with E-state index >= 15 is 0 Å². The van der Waals surface area contributed by atoms with Crippen molar-refractivity contribution in [2.75, 3.05) is 0 Å². The molecule has 0 radical (unpaired) electrons. The minimum atomic E-state index is 0.00946. The first-order valence-corrected chi connectivity index (χ1v) is 7.32. The van der Waals surface area contributed by atoms with Crippen molar-refractivity contribution in [2.24, 2.45) is 0 Å². The Kier molecular flexibility index (Phi) is 3.84. The molecule has 4 heteroatoms. The maximum atomic E-state index is 12.0. The lowest BCUT2D eigenvalue weighted by Crippen LogP contribution is -2.28. The Morgan fingerprint density at radius 2 is 2.00 bits per heavy atom. The Labute approximate surface area is 128 Å². The van der Waals surface area contributed by atoms with Gasteiger partial charge in [0.15, 0.2) is 0 Å². The third-order valence-corrected chi connectivity index (χ3v) is 3.95. The van der Waals surface area contributed by atoms with Crippen molar-refractivity contribution in [3.05, 3.63) is 64.7 Å². The molecule has 1 saturated carbocycles. The van der Waals surface area contributed by atoms with Gasteiger partial charge in [0.1, 0.15) is 5.75 Å². The summed E-state index contributed by atoms with van der Waals surface area (Å²) in [5.74, 6) is 0.588. The fraction of sp³-hybridized carbons (Fsp3) is 0.235. The van der Waals surface area contributed by atoms with Crippen LogP contribution in [0.4, 0.5) is 0 Å². The van der Waals surface area contributed by atoms with Crippen LogP contribution in [0, 0.1) is 0 Å². The van der Waals surface area contributed by atoms with Crippen molar-refractivity contribution >= 4 is 17.5 Å². The average molecular weight is 302 g/mol. The van der Waals surface area contributed by atoms with Crippen molar-refractivity contribution in [3.8, 4) is 5.75 Å². The molecule has 0 saturated heterocycles. The molecule has 1 fully saturated rings. The molecule has 1 amide bonds. The Hall–Kier alpha value is -2.00. The van der Waals surface area contributed by atoms with Crippen LogP contribution >= 0.6 is 11.6 Å². The van der Waals surface area contributed by atoms with Gasteiger partial charge < -0.3 is 10.4 Å². The van der Waals surface area contributed by atoms with Crippen LogP contribution in [0.2, 0.25) is 5.02 Å². The lowest BCUT2D eigenvalue weighted by atomic mass is 10.1. The summed E-state index contributed by atoms with van der Waals surface area (Å²) < 4.78 is 0. The van der Waals surface area contributed by atoms with Gasteiger partial charge in [0.05, 0.1) is 6.42 Å². The summed E-state index contributed by atoms with van der Waals surface area (Å²) in [6, 6.07) is 14.7.